The molecule has 0 aromatic rings. The summed E-state index contributed by atoms with van der Waals surface area (Å²) in [5.74, 6) is 0. The van der Waals surface area contributed by atoms with Gasteiger partial charge in [0.1, 0.15) is 0 Å². The monoisotopic (exact) mass is 110 g/mol. The molecular weight excluding hydrogens is 107 g/mol. The zero-order valence-electron chi connectivity index (χ0n) is 2.70. The van der Waals surface area contributed by atoms with Crippen LogP contribution < -0.4 is 0 Å². The highest BCUT2D eigenvalue weighted by molar-refractivity contribution is 7.45. The Hall–Kier alpha value is 0.110. The van der Waals surface area contributed by atoms with Crippen molar-refractivity contribution in [3.8, 4) is 0 Å². The van der Waals surface area contributed by atoms with E-state index in [1.807, 2.05) is 0 Å². The predicted molar refractivity (Wildman–Crippen MR) is 17.5 cm³/mol. The first-order chi connectivity index (χ1) is 2.00. The van der Waals surface area contributed by atoms with Crippen molar-refractivity contribution < 1.29 is 19.2 Å². The van der Waals surface area contributed by atoms with E-state index in [0.29, 0.717) is 0 Å². The van der Waals surface area contributed by atoms with Crippen LogP contribution in [-0.4, -0.2) is 14.7 Å². The molecule has 0 aromatic carbocycles. The van der Waals surface area contributed by atoms with Crippen LogP contribution in [0.25, 0.3) is 0 Å². The van der Waals surface area contributed by atoms with Gasteiger partial charge in [0.2, 0.25) is 0 Å². The van der Waals surface area contributed by atoms with Crippen LogP contribution in [-0.2, 0) is 4.57 Å². The molecule has 0 aliphatic heterocycles. The molecule has 6 heavy (non-hydrogen) atoms. The average molecular weight is 110 g/mol. The van der Waals surface area contributed by atoms with Gasteiger partial charge in [0.15, 0.2) is 0 Å². The van der Waals surface area contributed by atoms with Gasteiger partial charge < -0.3 is 14.7 Å². The van der Waals surface area contributed by atoms with Gasteiger partial charge in [0.25, 0.3) is 0 Å². The van der Waals surface area contributed by atoms with E-state index in [4.69, 9.17) is 19.2 Å². The fraction of sp³-hybridized carbons (Fsp3) is 0. The lowest BCUT2D eigenvalue weighted by molar-refractivity contribution is 0.275. The van der Waals surface area contributed by atoms with Crippen LogP contribution in [0.4, 0.5) is 0 Å². The summed E-state index contributed by atoms with van der Waals surface area (Å²) in [5, 5.41) is 0. The number of rotatable bonds is 0. The molecule has 0 spiro atoms. The van der Waals surface area contributed by atoms with Crippen molar-refractivity contribution in [3.63, 3.8) is 0 Å². The summed E-state index contributed by atoms with van der Waals surface area (Å²) in [6.07, 6.45) is 0. The average Bonchev–Trinajstić information content (AvgIpc) is 0.722. The Labute approximate surface area is 35.7 Å². The molecular formula is CH3O4P. The van der Waals surface area contributed by atoms with Crippen LogP contribution in [0.2, 0.25) is 0 Å². The Kier molecular flexibility index (Phi) is 3.64. The zero-order valence-corrected chi connectivity index (χ0v) is 3.59. The molecule has 0 saturated carbocycles. The molecule has 4 radical (unpaired) electrons. The standard InChI is InChI=1S/C.H3O4P/c;1-5(2,3)4/h;(H3,1,2,3,4). The van der Waals surface area contributed by atoms with Gasteiger partial charge in [-0.15, -0.1) is 0 Å². The second-order valence-corrected chi connectivity index (χ2v) is 1.54. The van der Waals surface area contributed by atoms with Crippen molar-refractivity contribution in [1.82, 2.24) is 0 Å². The summed E-state index contributed by atoms with van der Waals surface area (Å²) >= 11 is 0. The quantitative estimate of drug-likeness (QED) is 0.355. The van der Waals surface area contributed by atoms with Crippen molar-refractivity contribution in [2.45, 2.75) is 0 Å². The summed E-state index contributed by atoms with van der Waals surface area (Å²) in [6.45, 7) is 0. The van der Waals surface area contributed by atoms with Crippen molar-refractivity contribution in [2.24, 2.45) is 0 Å². The number of hydrogen-bond acceptors (Lipinski definition) is 1. The maximum atomic E-state index is 8.88. The summed E-state index contributed by atoms with van der Waals surface area (Å²) in [7, 11) is -4.64. The molecule has 4 nitrogen and oxygen atoms in total. The molecule has 0 amide bonds. The Morgan fingerprint density at radius 3 is 1.17 bits per heavy atom. The molecule has 0 saturated heterocycles. The molecule has 0 rings (SSSR count). The second kappa shape index (κ2) is 2.31. The van der Waals surface area contributed by atoms with Crippen molar-refractivity contribution in [3.05, 3.63) is 7.43 Å². The normalized spacial score (nSPS) is 9.83. The molecule has 0 unspecified atom stereocenters. The van der Waals surface area contributed by atoms with Crippen molar-refractivity contribution in [1.29, 1.82) is 0 Å². The molecule has 36 valence electrons. The summed E-state index contributed by atoms with van der Waals surface area (Å²) in [6, 6.07) is 0. The first-order valence-electron chi connectivity index (χ1n) is 0.783. The van der Waals surface area contributed by atoms with E-state index >= 15 is 0 Å². The van der Waals surface area contributed by atoms with Gasteiger partial charge in [-0.1, -0.05) is 0 Å². The minimum atomic E-state index is -4.64. The van der Waals surface area contributed by atoms with Crippen LogP contribution in [0.1, 0.15) is 0 Å². The van der Waals surface area contributed by atoms with E-state index in [2.05, 4.69) is 0 Å². The number of hydrogen-bond donors (Lipinski definition) is 3. The largest absolute Gasteiger partial charge is 0.466 e. The Morgan fingerprint density at radius 1 is 1.17 bits per heavy atom. The summed E-state index contributed by atoms with van der Waals surface area (Å²) < 4.78 is 8.88. The molecule has 3 N–H and O–H groups in total. The van der Waals surface area contributed by atoms with Crippen molar-refractivity contribution >= 4 is 7.82 Å². The third kappa shape index (κ3) is 3290. The van der Waals surface area contributed by atoms with Gasteiger partial charge in [-0.05, 0) is 0 Å². The molecule has 0 aromatic heterocycles. The highest BCUT2D eigenvalue weighted by atomic mass is 31.2. The van der Waals surface area contributed by atoms with Gasteiger partial charge in [-0.3, -0.25) is 0 Å². The van der Waals surface area contributed by atoms with E-state index in [1.54, 1.807) is 0 Å². The topological polar surface area (TPSA) is 77.8 Å². The van der Waals surface area contributed by atoms with E-state index in [1.165, 1.54) is 0 Å². The molecule has 0 fully saturated rings. The van der Waals surface area contributed by atoms with Gasteiger partial charge in [-0.2, -0.15) is 0 Å². The van der Waals surface area contributed by atoms with Gasteiger partial charge in [-0.25, -0.2) is 4.57 Å². The molecule has 0 aliphatic rings. The molecule has 0 aliphatic carbocycles. The van der Waals surface area contributed by atoms with Crippen LogP contribution in [0, 0.1) is 7.43 Å². The first-order valence-corrected chi connectivity index (χ1v) is 2.35. The zero-order chi connectivity index (χ0) is 4.50. The van der Waals surface area contributed by atoms with Gasteiger partial charge in [0.05, 0.1) is 0 Å². The third-order valence-electron chi connectivity index (χ3n) is 0. The first kappa shape index (κ1) is 9.44. The second-order valence-electron chi connectivity index (χ2n) is 0.513. The molecule has 0 heterocycles. The molecule has 5 heteroatoms. The van der Waals surface area contributed by atoms with Crippen LogP contribution in [0.15, 0.2) is 0 Å². The van der Waals surface area contributed by atoms with Gasteiger partial charge in [0, 0.05) is 7.43 Å². The lowest BCUT2D eigenvalue weighted by Gasteiger charge is -1.82. The predicted octanol–water partition coefficient (Wildman–Crippen LogP) is -0.847. The molecule has 0 bridgehead atoms. The minimum absolute atomic E-state index is 0. The Balaban J connectivity index is 0. The molecule has 0 atom stereocenters. The summed E-state index contributed by atoms with van der Waals surface area (Å²) in [4.78, 5) is 21.6. The Morgan fingerprint density at radius 2 is 1.17 bits per heavy atom. The van der Waals surface area contributed by atoms with E-state index in [0.717, 1.165) is 0 Å². The third-order valence-corrected chi connectivity index (χ3v) is 0. The van der Waals surface area contributed by atoms with E-state index in [9.17, 15) is 0 Å². The van der Waals surface area contributed by atoms with E-state index < -0.39 is 7.82 Å². The summed E-state index contributed by atoms with van der Waals surface area (Å²) in [5.41, 5.74) is 0. The van der Waals surface area contributed by atoms with Crippen molar-refractivity contribution in [2.75, 3.05) is 0 Å². The highest BCUT2D eigenvalue weighted by Crippen LogP contribution is 2.25. The minimum Gasteiger partial charge on any atom is -0.303 e. The highest BCUT2D eigenvalue weighted by Gasteiger charge is 2.00. The lowest BCUT2D eigenvalue weighted by atomic mass is 12.0. The maximum absolute atomic E-state index is 8.88. The smallest absolute Gasteiger partial charge is 0.303 e. The number of phosphoric acid groups is 1. The fourth-order valence-electron chi connectivity index (χ4n) is 0. The van der Waals surface area contributed by atoms with Crippen LogP contribution in [0.5, 0.6) is 0 Å². The van der Waals surface area contributed by atoms with Gasteiger partial charge >= 0.3 is 7.82 Å². The Bertz CT molecular complexity index is 53.7. The van der Waals surface area contributed by atoms with Crippen LogP contribution >= 0.6 is 7.82 Å². The van der Waals surface area contributed by atoms with Crippen LogP contribution in [0.3, 0.4) is 0 Å². The van der Waals surface area contributed by atoms with E-state index in [-0.39, 0.29) is 7.43 Å². The lowest BCUT2D eigenvalue weighted by Crippen LogP contribution is -1.66. The maximum Gasteiger partial charge on any atom is 0.466 e. The fourth-order valence-corrected chi connectivity index (χ4v) is 0. The SMILES string of the molecule is O=P(O)(O)O.[C].